The highest BCUT2D eigenvalue weighted by Crippen LogP contribution is 2.28. The molecule has 100 valence electrons. The lowest BCUT2D eigenvalue weighted by molar-refractivity contribution is 0.333. The maximum Gasteiger partial charge on any atom is 0.0505 e. The minimum atomic E-state index is 0.601. The summed E-state index contributed by atoms with van der Waals surface area (Å²) < 4.78 is 1.36. The second-order valence-electron chi connectivity index (χ2n) is 5.43. The Morgan fingerprint density at radius 2 is 2.11 bits per heavy atom. The monoisotopic (exact) mass is 358 g/mol. The fraction of sp³-hybridized carbons (Fsp3) is 0.600. The fourth-order valence-electron chi connectivity index (χ4n) is 2.67. The predicted molar refractivity (Wildman–Crippen MR) is 87.2 cm³/mol. The molecule has 0 aliphatic carbocycles. The van der Waals surface area contributed by atoms with E-state index in [2.05, 4.69) is 77.8 Å². The van der Waals surface area contributed by atoms with Crippen LogP contribution in [0.3, 0.4) is 0 Å². The van der Waals surface area contributed by atoms with E-state index in [4.69, 9.17) is 0 Å². The maximum atomic E-state index is 3.68. The molecule has 0 aromatic heterocycles. The van der Waals surface area contributed by atoms with Crippen molar-refractivity contribution in [3.05, 3.63) is 27.8 Å². The molecule has 1 aliphatic heterocycles. The van der Waals surface area contributed by atoms with Gasteiger partial charge in [-0.25, -0.2) is 0 Å². The summed E-state index contributed by atoms with van der Waals surface area (Å²) in [6, 6.07) is 9.96. The summed E-state index contributed by atoms with van der Waals surface area (Å²) in [4.78, 5) is 2.61. The zero-order valence-corrected chi connectivity index (χ0v) is 13.6. The quantitative estimate of drug-likeness (QED) is 0.832. The van der Waals surface area contributed by atoms with Crippen molar-refractivity contribution in [3.8, 4) is 0 Å². The van der Waals surface area contributed by atoms with Gasteiger partial charge < -0.3 is 10.2 Å². The minimum Gasteiger partial charge on any atom is -0.365 e. The smallest absolute Gasteiger partial charge is 0.0505 e. The normalized spacial score (nSPS) is 24.6. The highest BCUT2D eigenvalue weighted by atomic mass is 127. The van der Waals surface area contributed by atoms with E-state index in [9.17, 15) is 0 Å². The van der Waals surface area contributed by atoms with E-state index in [1.54, 1.807) is 0 Å². The SMILES string of the molecule is CCC1CN(c2ccccc2I)C(C(C)C)CN1. The number of benzene rings is 1. The number of nitrogens with zero attached hydrogens (tertiary/aromatic N) is 1. The van der Waals surface area contributed by atoms with Gasteiger partial charge in [0.05, 0.1) is 5.69 Å². The van der Waals surface area contributed by atoms with Crippen LogP contribution in [0.1, 0.15) is 27.2 Å². The third kappa shape index (κ3) is 2.99. The molecule has 1 fully saturated rings. The largest absolute Gasteiger partial charge is 0.365 e. The maximum absolute atomic E-state index is 3.68. The van der Waals surface area contributed by atoms with Crippen molar-refractivity contribution in [2.24, 2.45) is 5.92 Å². The number of rotatable bonds is 3. The van der Waals surface area contributed by atoms with Crippen molar-refractivity contribution in [3.63, 3.8) is 0 Å². The summed E-state index contributed by atoms with van der Waals surface area (Å²) >= 11 is 2.45. The molecule has 2 atom stereocenters. The van der Waals surface area contributed by atoms with Gasteiger partial charge in [-0.3, -0.25) is 0 Å². The molecule has 1 aromatic rings. The molecule has 1 heterocycles. The molecule has 2 nitrogen and oxygen atoms in total. The van der Waals surface area contributed by atoms with Gasteiger partial charge in [0, 0.05) is 28.7 Å². The topological polar surface area (TPSA) is 15.3 Å². The third-order valence-corrected chi connectivity index (χ3v) is 4.77. The Balaban J connectivity index is 2.27. The summed E-state index contributed by atoms with van der Waals surface area (Å²) in [6.07, 6.45) is 1.20. The molecule has 0 spiro atoms. The molecule has 3 heteroatoms. The average Bonchev–Trinajstić information content (AvgIpc) is 2.38. The third-order valence-electron chi connectivity index (χ3n) is 3.86. The Labute approximate surface area is 124 Å². The lowest BCUT2D eigenvalue weighted by atomic mass is 9.97. The molecular weight excluding hydrogens is 335 g/mol. The van der Waals surface area contributed by atoms with Gasteiger partial charge in [-0.15, -0.1) is 0 Å². The number of halogens is 1. The van der Waals surface area contributed by atoms with E-state index in [1.807, 2.05) is 0 Å². The van der Waals surface area contributed by atoms with Gasteiger partial charge in [-0.05, 0) is 47.1 Å². The fourth-order valence-corrected chi connectivity index (χ4v) is 3.36. The molecule has 0 bridgehead atoms. The number of hydrogen-bond donors (Lipinski definition) is 1. The molecule has 18 heavy (non-hydrogen) atoms. The number of hydrogen-bond acceptors (Lipinski definition) is 2. The van der Waals surface area contributed by atoms with Gasteiger partial charge >= 0.3 is 0 Å². The van der Waals surface area contributed by atoms with Crippen LogP contribution >= 0.6 is 22.6 Å². The van der Waals surface area contributed by atoms with Crippen LogP contribution in [0.2, 0.25) is 0 Å². The van der Waals surface area contributed by atoms with Gasteiger partial charge in [-0.1, -0.05) is 32.9 Å². The van der Waals surface area contributed by atoms with Gasteiger partial charge in [0.25, 0.3) is 0 Å². The van der Waals surface area contributed by atoms with Crippen LogP contribution in [0.25, 0.3) is 0 Å². The molecular formula is C15H23IN2. The molecule has 0 amide bonds. The Kier molecular flexibility index (Phi) is 4.90. The first-order valence-electron chi connectivity index (χ1n) is 6.88. The Hall–Kier alpha value is -0.290. The number of para-hydroxylation sites is 1. The van der Waals surface area contributed by atoms with Crippen LogP contribution in [-0.2, 0) is 0 Å². The van der Waals surface area contributed by atoms with Crippen molar-refractivity contribution in [1.82, 2.24) is 5.32 Å². The van der Waals surface area contributed by atoms with Gasteiger partial charge in [0.15, 0.2) is 0 Å². The van der Waals surface area contributed by atoms with Crippen LogP contribution in [0.5, 0.6) is 0 Å². The summed E-state index contributed by atoms with van der Waals surface area (Å²) in [6.45, 7) is 9.13. The van der Waals surface area contributed by atoms with E-state index in [0.29, 0.717) is 18.0 Å². The summed E-state index contributed by atoms with van der Waals surface area (Å²) in [5.74, 6) is 0.673. The Bertz CT molecular complexity index is 392. The van der Waals surface area contributed by atoms with E-state index in [0.717, 1.165) is 13.1 Å². The first kappa shape index (κ1) is 14.1. The molecule has 1 aromatic carbocycles. The second-order valence-corrected chi connectivity index (χ2v) is 6.59. The van der Waals surface area contributed by atoms with E-state index >= 15 is 0 Å². The standard InChI is InChI=1S/C15H23IN2/c1-4-12-10-18(15(9-17-12)11(2)3)14-8-6-5-7-13(14)16/h5-8,11-12,15,17H,4,9-10H2,1-3H3. The lowest BCUT2D eigenvalue weighted by Gasteiger charge is -2.44. The van der Waals surface area contributed by atoms with Gasteiger partial charge in [0.1, 0.15) is 0 Å². The van der Waals surface area contributed by atoms with Crippen LogP contribution in [0.15, 0.2) is 24.3 Å². The lowest BCUT2D eigenvalue weighted by Crippen LogP contribution is -2.58. The van der Waals surface area contributed by atoms with Crippen LogP contribution in [0.4, 0.5) is 5.69 Å². The molecule has 1 aliphatic rings. The first-order valence-corrected chi connectivity index (χ1v) is 7.96. The summed E-state index contributed by atoms with van der Waals surface area (Å²) in [7, 11) is 0. The molecule has 0 saturated carbocycles. The van der Waals surface area contributed by atoms with E-state index < -0.39 is 0 Å². The van der Waals surface area contributed by atoms with Crippen molar-refractivity contribution in [2.75, 3.05) is 18.0 Å². The zero-order valence-electron chi connectivity index (χ0n) is 11.5. The molecule has 2 rings (SSSR count). The highest BCUT2D eigenvalue weighted by Gasteiger charge is 2.29. The van der Waals surface area contributed by atoms with Crippen molar-refractivity contribution in [2.45, 2.75) is 39.3 Å². The van der Waals surface area contributed by atoms with E-state index in [-0.39, 0.29) is 0 Å². The zero-order chi connectivity index (χ0) is 13.1. The minimum absolute atomic E-state index is 0.601. The first-order chi connectivity index (χ1) is 8.63. The van der Waals surface area contributed by atoms with Crippen LogP contribution in [0, 0.1) is 9.49 Å². The van der Waals surface area contributed by atoms with Crippen LogP contribution < -0.4 is 10.2 Å². The Morgan fingerprint density at radius 1 is 1.39 bits per heavy atom. The van der Waals surface area contributed by atoms with E-state index in [1.165, 1.54) is 15.7 Å². The number of nitrogens with one attached hydrogen (secondary N) is 1. The van der Waals surface area contributed by atoms with Crippen molar-refractivity contribution in [1.29, 1.82) is 0 Å². The number of piperazine rings is 1. The average molecular weight is 358 g/mol. The van der Waals surface area contributed by atoms with Gasteiger partial charge in [0.2, 0.25) is 0 Å². The predicted octanol–water partition coefficient (Wildman–Crippen LogP) is 3.50. The molecule has 0 radical (unpaired) electrons. The molecule has 2 unspecified atom stereocenters. The highest BCUT2D eigenvalue weighted by molar-refractivity contribution is 14.1. The van der Waals surface area contributed by atoms with Crippen molar-refractivity contribution < 1.29 is 0 Å². The summed E-state index contributed by atoms with van der Waals surface area (Å²) in [5.41, 5.74) is 1.40. The van der Waals surface area contributed by atoms with Crippen LogP contribution in [-0.4, -0.2) is 25.2 Å². The van der Waals surface area contributed by atoms with Crippen molar-refractivity contribution >= 4 is 28.3 Å². The van der Waals surface area contributed by atoms with Gasteiger partial charge in [-0.2, -0.15) is 0 Å². The second kappa shape index (κ2) is 6.24. The summed E-state index contributed by atoms with van der Waals surface area (Å²) in [5, 5.41) is 3.68. The molecule has 1 saturated heterocycles. The molecule has 1 N–H and O–H groups in total. The Morgan fingerprint density at radius 3 is 2.72 bits per heavy atom. The number of anilines is 1.